The van der Waals surface area contributed by atoms with Gasteiger partial charge < -0.3 is 14.8 Å². The Morgan fingerprint density at radius 1 is 1.30 bits per heavy atom. The molecule has 0 aliphatic heterocycles. The highest BCUT2D eigenvalue weighted by molar-refractivity contribution is 5.97. The lowest BCUT2D eigenvalue weighted by Gasteiger charge is -2.10. The molecule has 1 rings (SSSR count). The normalized spacial score (nSPS) is 10.2. The second kappa shape index (κ2) is 8.08. The van der Waals surface area contributed by atoms with Gasteiger partial charge in [-0.3, -0.25) is 9.59 Å². The third kappa shape index (κ3) is 5.21. The summed E-state index contributed by atoms with van der Waals surface area (Å²) in [4.78, 5) is 22.9. The highest BCUT2D eigenvalue weighted by atomic mass is 19.3. The van der Waals surface area contributed by atoms with E-state index < -0.39 is 18.5 Å². The minimum absolute atomic E-state index is 0.0114. The quantitative estimate of drug-likeness (QED) is 0.779. The molecule has 0 radical (unpaired) electrons. The van der Waals surface area contributed by atoms with Gasteiger partial charge in [0.25, 0.3) is 5.91 Å². The van der Waals surface area contributed by atoms with Crippen LogP contribution in [-0.2, 0) is 9.53 Å². The maximum Gasteiger partial charge on any atom is 0.387 e. The van der Waals surface area contributed by atoms with Crippen molar-refractivity contribution in [2.45, 2.75) is 20.0 Å². The zero-order chi connectivity index (χ0) is 15.0. The van der Waals surface area contributed by atoms with Crippen molar-refractivity contribution in [2.24, 2.45) is 0 Å². The first-order chi connectivity index (χ1) is 9.54. The van der Waals surface area contributed by atoms with Gasteiger partial charge in [-0.05, 0) is 19.1 Å². The summed E-state index contributed by atoms with van der Waals surface area (Å²) in [5.41, 5.74) is -0.0170. The van der Waals surface area contributed by atoms with Crippen molar-refractivity contribution in [1.29, 1.82) is 0 Å². The molecule has 7 heteroatoms. The van der Waals surface area contributed by atoms with Crippen LogP contribution in [0, 0.1) is 0 Å². The number of nitrogens with one attached hydrogen (secondary N) is 1. The van der Waals surface area contributed by atoms with Crippen molar-refractivity contribution in [3.8, 4) is 5.75 Å². The smallest absolute Gasteiger partial charge is 0.387 e. The Balaban J connectivity index is 2.57. The van der Waals surface area contributed by atoms with Crippen LogP contribution in [0.15, 0.2) is 24.3 Å². The number of amides is 1. The van der Waals surface area contributed by atoms with Crippen LogP contribution in [-0.4, -0.2) is 31.6 Å². The fourth-order valence-corrected chi connectivity index (χ4v) is 1.46. The molecule has 1 aromatic rings. The van der Waals surface area contributed by atoms with Crippen molar-refractivity contribution in [1.82, 2.24) is 5.32 Å². The second-order valence-electron chi connectivity index (χ2n) is 3.69. The van der Waals surface area contributed by atoms with Gasteiger partial charge in [0.05, 0.1) is 18.6 Å². The van der Waals surface area contributed by atoms with Gasteiger partial charge in [0.15, 0.2) is 0 Å². The number of hydrogen-bond acceptors (Lipinski definition) is 4. The number of halogens is 2. The average Bonchev–Trinajstić information content (AvgIpc) is 2.38. The maximum absolute atomic E-state index is 12.2. The number of ether oxygens (including phenoxy) is 2. The van der Waals surface area contributed by atoms with Crippen molar-refractivity contribution in [2.75, 3.05) is 13.2 Å². The van der Waals surface area contributed by atoms with E-state index in [1.54, 1.807) is 6.92 Å². The molecule has 0 saturated carbocycles. The molecule has 1 amide bonds. The Morgan fingerprint density at radius 2 is 2.00 bits per heavy atom. The molecule has 0 spiro atoms. The summed E-state index contributed by atoms with van der Waals surface area (Å²) in [6.45, 7) is -1.02. The van der Waals surface area contributed by atoms with Crippen LogP contribution in [0.5, 0.6) is 5.75 Å². The number of alkyl halides is 2. The van der Waals surface area contributed by atoms with E-state index in [1.807, 2.05) is 0 Å². The summed E-state index contributed by atoms with van der Waals surface area (Å²) in [7, 11) is 0. The van der Waals surface area contributed by atoms with Gasteiger partial charge in [-0.1, -0.05) is 12.1 Å². The number of carbonyl (C=O) groups is 2. The zero-order valence-electron chi connectivity index (χ0n) is 10.9. The summed E-state index contributed by atoms with van der Waals surface area (Å²) >= 11 is 0. The van der Waals surface area contributed by atoms with Gasteiger partial charge in [0.1, 0.15) is 5.75 Å². The first kappa shape index (κ1) is 15.9. The van der Waals surface area contributed by atoms with Crippen LogP contribution in [0.2, 0.25) is 0 Å². The second-order valence-corrected chi connectivity index (χ2v) is 3.69. The zero-order valence-corrected chi connectivity index (χ0v) is 10.9. The standard InChI is InChI=1S/C13H15F2NO4/c1-2-19-11(17)7-8-16-12(18)9-5-3-4-6-10(9)20-13(14)15/h3-6,13H,2,7-8H2,1H3,(H,16,18). The molecule has 0 aliphatic carbocycles. The fraction of sp³-hybridized carbons (Fsp3) is 0.385. The topological polar surface area (TPSA) is 64.6 Å². The molecule has 1 N–H and O–H groups in total. The molecule has 0 fully saturated rings. The molecule has 0 heterocycles. The van der Waals surface area contributed by atoms with Gasteiger partial charge in [0, 0.05) is 6.54 Å². The van der Waals surface area contributed by atoms with E-state index in [0.29, 0.717) is 0 Å². The molecule has 110 valence electrons. The van der Waals surface area contributed by atoms with Crippen LogP contribution < -0.4 is 10.1 Å². The summed E-state index contributed by atoms with van der Waals surface area (Å²) in [6, 6.07) is 5.63. The third-order valence-corrected chi connectivity index (χ3v) is 2.27. The number of rotatable bonds is 7. The van der Waals surface area contributed by atoms with E-state index in [-0.39, 0.29) is 30.9 Å². The van der Waals surface area contributed by atoms with E-state index in [2.05, 4.69) is 10.1 Å². The van der Waals surface area contributed by atoms with E-state index >= 15 is 0 Å². The van der Waals surface area contributed by atoms with Gasteiger partial charge in [-0.2, -0.15) is 8.78 Å². The predicted octanol–water partition coefficient (Wildman–Crippen LogP) is 1.97. The van der Waals surface area contributed by atoms with Crippen molar-refractivity contribution in [3.05, 3.63) is 29.8 Å². The summed E-state index contributed by atoms with van der Waals surface area (Å²) < 4.78 is 33.3. The number of esters is 1. The molecule has 0 unspecified atom stereocenters. The first-order valence-corrected chi connectivity index (χ1v) is 6.02. The van der Waals surface area contributed by atoms with Gasteiger partial charge in [0.2, 0.25) is 0 Å². The number of carbonyl (C=O) groups excluding carboxylic acids is 2. The van der Waals surface area contributed by atoms with E-state index in [0.717, 1.165) is 0 Å². The van der Waals surface area contributed by atoms with Crippen molar-refractivity contribution < 1.29 is 27.8 Å². The van der Waals surface area contributed by atoms with Crippen molar-refractivity contribution >= 4 is 11.9 Å². The predicted molar refractivity (Wildman–Crippen MR) is 66.7 cm³/mol. The van der Waals surface area contributed by atoms with Crippen molar-refractivity contribution in [3.63, 3.8) is 0 Å². The first-order valence-electron chi connectivity index (χ1n) is 6.02. The SMILES string of the molecule is CCOC(=O)CCNC(=O)c1ccccc1OC(F)F. The molecule has 20 heavy (non-hydrogen) atoms. The van der Waals surface area contributed by atoms with Crippen LogP contribution in [0.25, 0.3) is 0 Å². The lowest BCUT2D eigenvalue weighted by molar-refractivity contribution is -0.142. The molecule has 1 aromatic carbocycles. The van der Waals surface area contributed by atoms with Gasteiger partial charge in [-0.25, -0.2) is 0 Å². The van der Waals surface area contributed by atoms with Crippen LogP contribution in [0.1, 0.15) is 23.7 Å². The Bertz CT molecular complexity index is 465. The Labute approximate surface area is 114 Å². The Morgan fingerprint density at radius 3 is 2.65 bits per heavy atom. The minimum Gasteiger partial charge on any atom is -0.466 e. The fourth-order valence-electron chi connectivity index (χ4n) is 1.46. The number of hydrogen-bond donors (Lipinski definition) is 1. The molecule has 0 atom stereocenters. The molecule has 0 aromatic heterocycles. The van der Waals surface area contributed by atoms with Gasteiger partial charge in [-0.15, -0.1) is 0 Å². The monoisotopic (exact) mass is 287 g/mol. The average molecular weight is 287 g/mol. The Kier molecular flexibility index (Phi) is 6.42. The molecular formula is C13H15F2NO4. The summed E-state index contributed by atoms with van der Waals surface area (Å²) in [6.07, 6.45) is 0.0114. The number of benzene rings is 1. The number of para-hydroxylation sites is 1. The molecule has 0 bridgehead atoms. The summed E-state index contributed by atoms with van der Waals surface area (Å²) in [5, 5.41) is 2.44. The molecule has 5 nitrogen and oxygen atoms in total. The molecule has 0 aliphatic rings. The van der Waals surface area contributed by atoms with Crippen LogP contribution in [0.4, 0.5) is 8.78 Å². The molecular weight excluding hydrogens is 272 g/mol. The minimum atomic E-state index is -3.01. The lowest BCUT2D eigenvalue weighted by Crippen LogP contribution is -2.27. The lowest BCUT2D eigenvalue weighted by atomic mass is 10.2. The highest BCUT2D eigenvalue weighted by Crippen LogP contribution is 2.19. The van der Waals surface area contributed by atoms with Crippen LogP contribution in [0.3, 0.4) is 0 Å². The van der Waals surface area contributed by atoms with E-state index in [1.165, 1.54) is 24.3 Å². The van der Waals surface area contributed by atoms with E-state index in [4.69, 9.17) is 4.74 Å². The molecule has 0 saturated heterocycles. The van der Waals surface area contributed by atoms with Crippen LogP contribution >= 0.6 is 0 Å². The van der Waals surface area contributed by atoms with Gasteiger partial charge >= 0.3 is 12.6 Å². The van der Waals surface area contributed by atoms with E-state index in [9.17, 15) is 18.4 Å². The third-order valence-electron chi connectivity index (χ3n) is 2.27. The highest BCUT2D eigenvalue weighted by Gasteiger charge is 2.15. The maximum atomic E-state index is 12.2. The largest absolute Gasteiger partial charge is 0.466 e. The Hall–Kier alpha value is -2.18. The summed E-state index contributed by atoms with van der Waals surface area (Å²) in [5.74, 6) is -1.24.